The van der Waals surface area contributed by atoms with E-state index in [0.29, 0.717) is 67.6 Å². The molecule has 1 saturated heterocycles. The zero-order chi connectivity index (χ0) is 41.9. The molecule has 4 heterocycles. The molecular formula is C37H50N12O8. The van der Waals surface area contributed by atoms with Crippen LogP contribution in [-0.2, 0) is 27.4 Å². The van der Waals surface area contributed by atoms with Crippen LogP contribution in [0, 0.1) is 17.0 Å². The number of carbonyl (C=O) groups excluding carboxylic acids is 4. The molecule has 1 aliphatic heterocycles. The fourth-order valence-corrected chi connectivity index (χ4v) is 5.61. The maximum absolute atomic E-state index is 13.2. The second-order valence-electron chi connectivity index (χ2n) is 14.0. The van der Waals surface area contributed by atoms with Gasteiger partial charge >= 0.3 is 6.09 Å². The number of nitro groups is 1. The van der Waals surface area contributed by atoms with Crippen molar-refractivity contribution in [2.75, 3.05) is 51.2 Å². The van der Waals surface area contributed by atoms with Crippen LogP contribution in [0.1, 0.15) is 61.2 Å². The van der Waals surface area contributed by atoms with Gasteiger partial charge in [0.25, 0.3) is 11.6 Å². The van der Waals surface area contributed by atoms with E-state index in [0.717, 1.165) is 12.3 Å². The average Bonchev–Trinajstić information content (AvgIpc) is 3.69. The molecule has 1 fully saturated rings. The van der Waals surface area contributed by atoms with Crippen molar-refractivity contribution in [1.82, 2.24) is 39.4 Å². The normalized spacial score (nSPS) is 14.6. The average molecular weight is 791 g/mol. The van der Waals surface area contributed by atoms with Crippen LogP contribution in [0.3, 0.4) is 0 Å². The summed E-state index contributed by atoms with van der Waals surface area (Å²) in [6, 6.07) is 3.13. The van der Waals surface area contributed by atoms with Gasteiger partial charge in [0.1, 0.15) is 23.4 Å². The summed E-state index contributed by atoms with van der Waals surface area (Å²) in [6.45, 7) is 14.7. The number of allylic oxidation sites excluding steroid dienone is 3. The summed E-state index contributed by atoms with van der Waals surface area (Å²) in [7, 11) is 0. The van der Waals surface area contributed by atoms with Gasteiger partial charge in [-0.25, -0.2) is 14.8 Å². The number of nitrogens with one attached hydrogen (secondary N) is 2. The number of imidazole rings is 1. The molecule has 306 valence electrons. The van der Waals surface area contributed by atoms with E-state index < -0.39 is 33.9 Å². The van der Waals surface area contributed by atoms with Crippen LogP contribution in [0.15, 0.2) is 65.9 Å². The third-order valence-corrected chi connectivity index (χ3v) is 8.39. The van der Waals surface area contributed by atoms with Gasteiger partial charge in [-0.05, 0) is 59.8 Å². The van der Waals surface area contributed by atoms with Crippen molar-refractivity contribution in [3.05, 3.63) is 92.9 Å². The maximum Gasteiger partial charge on any atom is 0.410 e. The summed E-state index contributed by atoms with van der Waals surface area (Å²) in [6.07, 6.45) is 7.90. The standard InChI is InChI=1S/C37H50N12O8/c1-7-48-30(18-24(2)44-48)34(52)43-35-42-29-21-27(32(39)51)22-41-33(29)47(35)11-9-8-10-40-23-28(49(54)55)20-26(31(38)50)19-25(3)56-17-16-45-12-14-46(15-13-45)36(53)57-37(4,5)6/h8-9,18-23,40H,7,10-17H2,1-6H3,(H2,38,50)(H2,39,51)(H,42,43,52)/b9-8+,25-19+,26-20+,28-23-. The van der Waals surface area contributed by atoms with Crippen LogP contribution >= 0.6 is 0 Å². The lowest BCUT2D eigenvalue weighted by Crippen LogP contribution is -2.50. The second kappa shape index (κ2) is 19.3. The molecule has 0 atom stereocenters. The Bertz CT molecular complexity index is 2100. The largest absolute Gasteiger partial charge is 0.497 e. The minimum atomic E-state index is -0.884. The molecule has 0 saturated carbocycles. The lowest BCUT2D eigenvalue weighted by atomic mass is 10.2. The Labute approximate surface area is 329 Å². The van der Waals surface area contributed by atoms with Crippen LogP contribution in [0.5, 0.6) is 0 Å². The third-order valence-electron chi connectivity index (χ3n) is 8.39. The molecule has 20 nitrogen and oxygen atoms in total. The van der Waals surface area contributed by atoms with Crippen LogP contribution in [0.25, 0.3) is 11.2 Å². The summed E-state index contributed by atoms with van der Waals surface area (Å²) in [5.74, 6) is -1.52. The Morgan fingerprint density at radius 1 is 1.07 bits per heavy atom. The molecule has 20 heteroatoms. The molecule has 3 aromatic rings. The van der Waals surface area contributed by atoms with E-state index in [1.807, 2.05) is 27.7 Å². The summed E-state index contributed by atoms with van der Waals surface area (Å²) in [5.41, 5.74) is 11.7. The van der Waals surface area contributed by atoms with Gasteiger partial charge in [-0.2, -0.15) is 5.10 Å². The first-order valence-corrected chi connectivity index (χ1v) is 18.2. The van der Waals surface area contributed by atoms with E-state index >= 15 is 0 Å². The van der Waals surface area contributed by atoms with Gasteiger partial charge in [0.2, 0.25) is 17.8 Å². The van der Waals surface area contributed by atoms with Crippen LogP contribution in [0.4, 0.5) is 10.7 Å². The highest BCUT2D eigenvalue weighted by atomic mass is 16.6. The fraction of sp³-hybridized carbons (Fsp3) is 0.432. The Morgan fingerprint density at radius 3 is 2.42 bits per heavy atom. The second-order valence-corrected chi connectivity index (χ2v) is 14.0. The highest BCUT2D eigenvalue weighted by Crippen LogP contribution is 2.20. The first kappa shape index (κ1) is 43.2. The van der Waals surface area contributed by atoms with Crippen LogP contribution in [0.2, 0.25) is 0 Å². The molecule has 0 bridgehead atoms. The van der Waals surface area contributed by atoms with Crippen LogP contribution < -0.4 is 22.1 Å². The smallest absolute Gasteiger partial charge is 0.410 e. The number of carbonyl (C=O) groups is 4. The molecule has 3 aromatic heterocycles. The molecule has 0 radical (unpaired) electrons. The quantitative estimate of drug-likeness (QED) is 0.0292. The highest BCUT2D eigenvalue weighted by Gasteiger charge is 2.26. The number of ether oxygens (including phenoxy) is 2. The van der Waals surface area contributed by atoms with Crippen molar-refractivity contribution in [2.24, 2.45) is 11.5 Å². The van der Waals surface area contributed by atoms with E-state index in [2.05, 4.69) is 30.6 Å². The Kier molecular flexibility index (Phi) is 14.6. The Morgan fingerprint density at radius 2 is 1.79 bits per heavy atom. The first-order chi connectivity index (χ1) is 26.9. The number of fused-ring (bicyclic) bond motifs is 1. The molecule has 0 aliphatic carbocycles. The van der Waals surface area contributed by atoms with Crippen molar-refractivity contribution >= 4 is 40.9 Å². The molecule has 6 N–H and O–H groups in total. The van der Waals surface area contributed by atoms with Crippen molar-refractivity contribution in [3.8, 4) is 0 Å². The minimum Gasteiger partial charge on any atom is -0.497 e. The summed E-state index contributed by atoms with van der Waals surface area (Å²) >= 11 is 0. The van der Waals surface area contributed by atoms with Crippen molar-refractivity contribution in [3.63, 3.8) is 0 Å². The number of hydrogen-bond acceptors (Lipinski definition) is 13. The number of nitrogens with two attached hydrogens (primary N) is 2. The minimum absolute atomic E-state index is 0.135. The number of aryl methyl sites for hydroxylation is 2. The molecule has 4 rings (SSSR count). The Balaban J connectivity index is 1.36. The zero-order valence-corrected chi connectivity index (χ0v) is 33.0. The van der Waals surface area contributed by atoms with E-state index in [1.165, 1.54) is 18.3 Å². The van der Waals surface area contributed by atoms with Gasteiger partial charge < -0.3 is 31.2 Å². The molecule has 0 unspecified atom stereocenters. The lowest BCUT2D eigenvalue weighted by molar-refractivity contribution is -0.419. The summed E-state index contributed by atoms with van der Waals surface area (Å²) in [4.78, 5) is 73.3. The van der Waals surface area contributed by atoms with Crippen LogP contribution in [-0.4, -0.2) is 114 Å². The number of pyridine rings is 1. The number of anilines is 1. The van der Waals surface area contributed by atoms with Gasteiger partial charge in [-0.3, -0.25) is 44.0 Å². The summed E-state index contributed by atoms with van der Waals surface area (Å²) < 4.78 is 14.4. The molecule has 0 aromatic carbocycles. The number of primary amides is 2. The molecule has 1 aliphatic rings. The number of piperazine rings is 1. The SMILES string of the molecule is CCn1nc(C)cc1C(=O)Nc1nc2cc(C(N)=O)cnc2n1C/C=C/CN/C=C(/C=C(\C=C(/C)OCCN1CCN(C(=O)OC(C)(C)C)CC1)C(N)=O)[N+](=O)[O-]. The van der Waals surface area contributed by atoms with E-state index in [4.69, 9.17) is 20.9 Å². The number of hydrogen-bond donors (Lipinski definition) is 4. The van der Waals surface area contributed by atoms with Gasteiger partial charge in [-0.15, -0.1) is 0 Å². The molecule has 57 heavy (non-hydrogen) atoms. The predicted octanol–water partition coefficient (Wildman–Crippen LogP) is 2.46. The van der Waals surface area contributed by atoms with Gasteiger partial charge in [0.15, 0.2) is 5.65 Å². The monoisotopic (exact) mass is 790 g/mol. The highest BCUT2D eigenvalue weighted by molar-refractivity contribution is 6.03. The number of nitrogens with zero attached hydrogens (tertiary/aromatic N) is 8. The van der Waals surface area contributed by atoms with Gasteiger partial charge in [0.05, 0.1) is 28.1 Å². The molecular weight excluding hydrogens is 740 g/mol. The predicted molar refractivity (Wildman–Crippen MR) is 210 cm³/mol. The van der Waals surface area contributed by atoms with Crippen molar-refractivity contribution in [1.29, 1.82) is 0 Å². The van der Waals surface area contributed by atoms with Gasteiger partial charge in [-0.1, -0.05) is 12.2 Å². The maximum atomic E-state index is 13.2. The molecule has 4 amide bonds. The van der Waals surface area contributed by atoms with Crippen molar-refractivity contribution in [2.45, 2.75) is 60.2 Å². The number of aromatic nitrogens is 5. The van der Waals surface area contributed by atoms with E-state index in [1.54, 1.807) is 46.2 Å². The zero-order valence-electron chi connectivity index (χ0n) is 33.0. The number of rotatable bonds is 17. The lowest BCUT2D eigenvalue weighted by Gasteiger charge is -2.35. The van der Waals surface area contributed by atoms with Gasteiger partial charge in [0, 0.05) is 70.2 Å². The first-order valence-electron chi connectivity index (χ1n) is 18.2. The topological polar surface area (TPSA) is 261 Å². The molecule has 0 spiro atoms. The van der Waals surface area contributed by atoms with E-state index in [9.17, 15) is 29.3 Å². The van der Waals surface area contributed by atoms with E-state index in [-0.39, 0.29) is 42.9 Å². The Hall–Kier alpha value is -6.57. The third kappa shape index (κ3) is 12.5. The summed E-state index contributed by atoms with van der Waals surface area (Å²) in [5, 5.41) is 21.8. The fourth-order valence-electron chi connectivity index (χ4n) is 5.61. The number of amides is 4. The van der Waals surface area contributed by atoms with Crippen molar-refractivity contribution < 1.29 is 33.6 Å².